The Kier molecular flexibility index (Phi) is 47.1. The Labute approximate surface area is 166 Å². The molecule has 2 nitrogen and oxygen atoms in total. The minimum Gasteiger partial charge on any atom is -0.412 e. The van der Waals surface area contributed by atoms with Crippen LogP contribution in [0, 0.1) is 6.92 Å². The van der Waals surface area contributed by atoms with Gasteiger partial charge in [0.2, 0.25) is 0 Å². The second-order valence-corrected chi connectivity index (χ2v) is 5.82. The van der Waals surface area contributed by atoms with Gasteiger partial charge >= 0.3 is 0 Å². The van der Waals surface area contributed by atoms with Gasteiger partial charge in [-0.2, -0.15) is 6.42 Å². The third-order valence-electron chi connectivity index (χ3n) is 3.62. The molecule has 0 fully saturated rings. The molecule has 3 N–H and O–H groups in total. The van der Waals surface area contributed by atoms with Gasteiger partial charge in [-0.1, -0.05) is 97.3 Å². The summed E-state index contributed by atoms with van der Waals surface area (Å²) in [6.45, 7) is 8.67. The molecule has 0 heterocycles. The Bertz CT molecular complexity index is 129. The number of unbranched alkanes of at least 4 members (excludes halogenated alkanes) is 13. The second kappa shape index (κ2) is 33.6. The quantitative estimate of drug-likeness (QED) is 0.292. The first kappa shape index (κ1) is 30.9. The van der Waals surface area contributed by atoms with E-state index in [1.165, 1.54) is 83.5 Å². The van der Waals surface area contributed by atoms with Crippen LogP contribution in [-0.4, -0.2) is 17.2 Å². The first-order chi connectivity index (χ1) is 9.83. The maximum Gasteiger partial charge on any atom is 0.0431 e. The monoisotopic (exact) mass is 392 g/mol. The van der Waals surface area contributed by atoms with Gasteiger partial charge in [0, 0.05) is 39.3 Å². The van der Waals surface area contributed by atoms with Gasteiger partial charge in [0.15, 0.2) is 0 Å². The van der Waals surface area contributed by atoms with E-state index in [1.54, 1.807) is 0 Å². The third kappa shape index (κ3) is 37.3. The summed E-state index contributed by atoms with van der Waals surface area (Å²) in [6.07, 6.45) is 19.8. The number of aliphatic hydroxyl groups is 1. The van der Waals surface area contributed by atoms with Gasteiger partial charge in [-0.15, -0.1) is 0 Å². The van der Waals surface area contributed by atoms with Gasteiger partial charge in [-0.05, 0) is 6.42 Å². The van der Waals surface area contributed by atoms with Crippen LogP contribution >= 0.6 is 0 Å². The average Bonchev–Trinajstić information content (AvgIpc) is 2.47. The zero-order valence-electron chi connectivity index (χ0n) is 15.5. The summed E-state index contributed by atoms with van der Waals surface area (Å²) in [5, 5.41) is 8.51. The maximum atomic E-state index is 8.51. The average molecular weight is 392 g/mol. The van der Waals surface area contributed by atoms with Crippen LogP contribution in [0.5, 0.6) is 0 Å². The molecule has 0 aromatic heterocycles. The maximum absolute atomic E-state index is 8.51. The van der Waals surface area contributed by atoms with Crippen LogP contribution in [0.2, 0.25) is 0 Å². The van der Waals surface area contributed by atoms with Gasteiger partial charge in [0.25, 0.3) is 0 Å². The molecule has 1 radical (unpaired) electrons. The SMILES string of the molecule is CCCCCCCCCCO.O.[CH2-]CCCCCCCC.[Y]. The molecule has 0 saturated heterocycles. The number of hydrogen-bond donors (Lipinski definition) is 1. The van der Waals surface area contributed by atoms with Gasteiger partial charge < -0.3 is 17.5 Å². The third-order valence-corrected chi connectivity index (χ3v) is 3.62. The van der Waals surface area contributed by atoms with Gasteiger partial charge in [0.05, 0.1) is 0 Å². The van der Waals surface area contributed by atoms with E-state index >= 15 is 0 Å². The van der Waals surface area contributed by atoms with Gasteiger partial charge in [-0.3, -0.25) is 0 Å². The summed E-state index contributed by atoms with van der Waals surface area (Å²) < 4.78 is 0. The molecule has 0 saturated carbocycles. The fourth-order valence-electron chi connectivity index (χ4n) is 2.20. The largest absolute Gasteiger partial charge is 0.412 e. The van der Waals surface area contributed by atoms with Crippen LogP contribution < -0.4 is 0 Å². The summed E-state index contributed by atoms with van der Waals surface area (Å²) in [5.74, 6) is 0. The normalized spacial score (nSPS) is 9.27. The van der Waals surface area contributed by atoms with Crippen molar-refractivity contribution in [1.29, 1.82) is 0 Å². The van der Waals surface area contributed by atoms with Crippen molar-refractivity contribution >= 4 is 0 Å². The first-order valence-corrected chi connectivity index (χ1v) is 9.23. The molecule has 0 aromatic rings. The second-order valence-electron chi connectivity index (χ2n) is 5.82. The van der Waals surface area contributed by atoms with Crippen LogP contribution in [-0.2, 0) is 32.7 Å². The number of aliphatic hydroxyl groups excluding tert-OH is 1. The van der Waals surface area contributed by atoms with Crippen molar-refractivity contribution in [2.45, 2.75) is 110 Å². The van der Waals surface area contributed by atoms with Crippen LogP contribution in [0.3, 0.4) is 0 Å². The number of hydrogen-bond acceptors (Lipinski definition) is 1. The molecule has 0 aliphatic carbocycles. The first-order valence-electron chi connectivity index (χ1n) is 9.23. The summed E-state index contributed by atoms with van der Waals surface area (Å²) in [6, 6.07) is 0. The Balaban J connectivity index is -0.000000137. The molecule has 0 bridgehead atoms. The molecule has 0 amide bonds. The van der Waals surface area contributed by atoms with Crippen LogP contribution in [0.15, 0.2) is 0 Å². The predicted octanol–water partition coefficient (Wildman–Crippen LogP) is 5.86. The van der Waals surface area contributed by atoms with E-state index in [0.717, 1.165) is 12.8 Å². The standard InChI is InChI=1S/C10H22O.C9H19.H2O.Y/c1-2-3-4-5-6-7-8-9-10-11;1-3-5-7-9-8-6-4-2;;/h11H,2-10H2,1H3;1,3-9H2,2H3;1H2;/q;-1;;. The van der Waals surface area contributed by atoms with Crippen molar-refractivity contribution in [2.75, 3.05) is 6.61 Å². The molecule has 0 aliphatic heterocycles. The van der Waals surface area contributed by atoms with Crippen molar-refractivity contribution in [2.24, 2.45) is 0 Å². The zero-order valence-corrected chi connectivity index (χ0v) is 18.4. The van der Waals surface area contributed by atoms with E-state index in [1.807, 2.05) is 0 Å². The zero-order chi connectivity index (χ0) is 15.3. The fraction of sp³-hybridized carbons (Fsp3) is 0.947. The van der Waals surface area contributed by atoms with E-state index in [-0.39, 0.29) is 38.2 Å². The van der Waals surface area contributed by atoms with Crippen LogP contribution in [0.1, 0.15) is 110 Å². The summed E-state index contributed by atoms with van der Waals surface area (Å²) in [5.41, 5.74) is 0. The van der Waals surface area contributed by atoms with Gasteiger partial charge in [0.1, 0.15) is 0 Å². The van der Waals surface area contributed by atoms with Crippen molar-refractivity contribution in [3.63, 3.8) is 0 Å². The van der Waals surface area contributed by atoms with E-state index in [2.05, 4.69) is 20.8 Å². The molecule has 0 aliphatic rings. The summed E-state index contributed by atoms with van der Waals surface area (Å²) in [4.78, 5) is 0. The summed E-state index contributed by atoms with van der Waals surface area (Å²) in [7, 11) is 0. The molecule has 22 heavy (non-hydrogen) atoms. The van der Waals surface area contributed by atoms with E-state index < -0.39 is 0 Å². The topological polar surface area (TPSA) is 51.7 Å². The summed E-state index contributed by atoms with van der Waals surface area (Å²) >= 11 is 0. The molecule has 135 valence electrons. The molecule has 0 aromatic carbocycles. The van der Waals surface area contributed by atoms with Crippen LogP contribution in [0.4, 0.5) is 0 Å². The van der Waals surface area contributed by atoms with Crippen LogP contribution in [0.25, 0.3) is 0 Å². The number of rotatable bonds is 14. The Morgan fingerprint density at radius 3 is 1.23 bits per heavy atom. The van der Waals surface area contributed by atoms with E-state index in [4.69, 9.17) is 5.11 Å². The molecule has 0 unspecified atom stereocenters. The molecule has 3 heteroatoms. The Hall–Kier alpha value is 1.02. The van der Waals surface area contributed by atoms with E-state index in [9.17, 15) is 0 Å². The van der Waals surface area contributed by atoms with E-state index in [0.29, 0.717) is 6.61 Å². The smallest absolute Gasteiger partial charge is 0.0431 e. The van der Waals surface area contributed by atoms with Gasteiger partial charge in [-0.25, -0.2) is 0 Å². The van der Waals surface area contributed by atoms with Crippen molar-refractivity contribution in [3.8, 4) is 0 Å². The fourth-order valence-corrected chi connectivity index (χ4v) is 2.20. The Morgan fingerprint density at radius 2 is 0.909 bits per heavy atom. The van der Waals surface area contributed by atoms with Crippen molar-refractivity contribution < 1.29 is 43.3 Å². The molecule has 0 spiro atoms. The van der Waals surface area contributed by atoms with Crippen molar-refractivity contribution in [3.05, 3.63) is 6.92 Å². The molecular weight excluding hydrogens is 349 g/mol. The molecule has 0 atom stereocenters. The molecule has 0 rings (SSSR count). The Morgan fingerprint density at radius 1 is 0.591 bits per heavy atom. The molecular formula is C19H43O2Y-. The minimum absolute atomic E-state index is 0. The minimum atomic E-state index is 0. The van der Waals surface area contributed by atoms with Crippen molar-refractivity contribution in [1.82, 2.24) is 0 Å². The predicted molar refractivity (Wildman–Crippen MR) is 96.7 cm³/mol.